The SMILES string of the molecule is CCCN(C(=O)CC)c1nc2cc3c(cc2s1)CC(N)CC3. The molecule has 0 radical (unpaired) electrons. The van der Waals surface area contributed by atoms with Gasteiger partial charge in [0, 0.05) is 19.0 Å². The minimum atomic E-state index is 0.146. The highest BCUT2D eigenvalue weighted by Crippen LogP contribution is 2.33. The number of hydrogen-bond donors (Lipinski definition) is 1. The number of carbonyl (C=O) groups is 1. The molecule has 1 aliphatic rings. The predicted molar refractivity (Wildman–Crippen MR) is 92.6 cm³/mol. The summed E-state index contributed by atoms with van der Waals surface area (Å²) in [4.78, 5) is 18.7. The molecule has 1 aliphatic carbocycles. The number of amides is 1. The maximum Gasteiger partial charge on any atom is 0.228 e. The van der Waals surface area contributed by atoms with Crippen LogP contribution in [0.3, 0.4) is 0 Å². The van der Waals surface area contributed by atoms with Gasteiger partial charge in [-0.3, -0.25) is 9.69 Å². The number of nitrogens with zero attached hydrogens (tertiary/aromatic N) is 2. The van der Waals surface area contributed by atoms with Gasteiger partial charge in [0.15, 0.2) is 5.13 Å². The highest BCUT2D eigenvalue weighted by molar-refractivity contribution is 7.22. The Kier molecular flexibility index (Phi) is 4.45. The number of rotatable bonds is 4. The van der Waals surface area contributed by atoms with Crippen molar-refractivity contribution < 1.29 is 4.79 Å². The third-order valence-electron chi connectivity index (χ3n) is 4.25. The van der Waals surface area contributed by atoms with E-state index in [9.17, 15) is 4.79 Å². The van der Waals surface area contributed by atoms with Gasteiger partial charge in [-0.1, -0.05) is 25.2 Å². The van der Waals surface area contributed by atoms with Crippen molar-refractivity contribution in [2.24, 2.45) is 5.73 Å². The molecule has 0 spiro atoms. The smallest absolute Gasteiger partial charge is 0.228 e. The number of hydrogen-bond acceptors (Lipinski definition) is 4. The van der Waals surface area contributed by atoms with Crippen LogP contribution in [0, 0.1) is 0 Å². The van der Waals surface area contributed by atoms with E-state index in [0.29, 0.717) is 6.42 Å². The van der Waals surface area contributed by atoms with Crippen LogP contribution in [-0.2, 0) is 17.6 Å². The molecule has 1 aromatic heterocycles. The lowest BCUT2D eigenvalue weighted by Crippen LogP contribution is -2.30. The maximum atomic E-state index is 12.2. The van der Waals surface area contributed by atoms with Crippen LogP contribution in [0.25, 0.3) is 10.2 Å². The molecule has 118 valence electrons. The standard InChI is InChI=1S/C17H23N3OS/c1-3-7-20(16(21)4-2)17-19-14-9-11-5-6-13(18)8-12(11)10-15(14)22-17/h9-10,13H,3-8,18H2,1-2H3. The van der Waals surface area contributed by atoms with Gasteiger partial charge in [0.2, 0.25) is 5.91 Å². The Morgan fingerprint density at radius 2 is 2.23 bits per heavy atom. The van der Waals surface area contributed by atoms with E-state index >= 15 is 0 Å². The molecule has 3 rings (SSSR count). The molecule has 1 amide bonds. The van der Waals surface area contributed by atoms with Crippen LogP contribution < -0.4 is 10.6 Å². The van der Waals surface area contributed by atoms with E-state index in [1.54, 1.807) is 11.3 Å². The van der Waals surface area contributed by atoms with E-state index in [1.165, 1.54) is 11.1 Å². The largest absolute Gasteiger partial charge is 0.327 e. The first-order chi connectivity index (χ1) is 10.6. The molecule has 22 heavy (non-hydrogen) atoms. The van der Waals surface area contributed by atoms with E-state index in [0.717, 1.165) is 47.6 Å². The highest BCUT2D eigenvalue weighted by atomic mass is 32.1. The third-order valence-corrected chi connectivity index (χ3v) is 5.29. The molecular weight excluding hydrogens is 294 g/mol. The summed E-state index contributed by atoms with van der Waals surface area (Å²) in [5.74, 6) is 0.146. The number of thiazole rings is 1. The molecule has 4 nitrogen and oxygen atoms in total. The number of fused-ring (bicyclic) bond motifs is 2. The van der Waals surface area contributed by atoms with Crippen molar-refractivity contribution >= 4 is 32.6 Å². The van der Waals surface area contributed by atoms with Gasteiger partial charge in [0.05, 0.1) is 10.2 Å². The first-order valence-electron chi connectivity index (χ1n) is 8.10. The molecule has 0 saturated carbocycles. The van der Waals surface area contributed by atoms with Gasteiger partial charge < -0.3 is 5.73 Å². The Balaban J connectivity index is 2.00. The average molecular weight is 317 g/mol. The molecule has 0 saturated heterocycles. The van der Waals surface area contributed by atoms with Crippen molar-refractivity contribution in [3.8, 4) is 0 Å². The molecule has 1 aromatic carbocycles. The molecule has 0 aliphatic heterocycles. The second kappa shape index (κ2) is 6.34. The summed E-state index contributed by atoms with van der Waals surface area (Å²) in [5, 5.41) is 0.829. The second-order valence-corrected chi connectivity index (χ2v) is 7.00. The van der Waals surface area contributed by atoms with Gasteiger partial charge in [0.25, 0.3) is 0 Å². The molecule has 5 heteroatoms. The summed E-state index contributed by atoms with van der Waals surface area (Å²) >= 11 is 1.62. The molecule has 2 aromatic rings. The maximum absolute atomic E-state index is 12.2. The number of carbonyl (C=O) groups excluding carboxylic acids is 1. The van der Waals surface area contributed by atoms with Crippen LogP contribution in [0.1, 0.15) is 44.2 Å². The van der Waals surface area contributed by atoms with Crippen LogP contribution in [0.2, 0.25) is 0 Å². The normalized spacial score (nSPS) is 17.5. The molecular formula is C17H23N3OS. The summed E-state index contributed by atoms with van der Waals surface area (Å²) in [7, 11) is 0. The Morgan fingerprint density at radius 3 is 2.95 bits per heavy atom. The zero-order valence-electron chi connectivity index (χ0n) is 13.3. The lowest BCUT2D eigenvalue weighted by molar-refractivity contribution is -0.118. The molecule has 1 atom stereocenters. The van der Waals surface area contributed by atoms with Gasteiger partial charge in [-0.15, -0.1) is 0 Å². The molecule has 0 fully saturated rings. The van der Waals surface area contributed by atoms with Gasteiger partial charge in [-0.2, -0.15) is 0 Å². The summed E-state index contributed by atoms with van der Waals surface area (Å²) in [6.07, 6.45) is 4.48. The summed E-state index contributed by atoms with van der Waals surface area (Å²) in [5.41, 5.74) is 9.81. The van der Waals surface area contributed by atoms with Crippen LogP contribution in [0.4, 0.5) is 5.13 Å². The van der Waals surface area contributed by atoms with Crippen molar-refractivity contribution in [2.75, 3.05) is 11.4 Å². The molecule has 1 unspecified atom stereocenters. The van der Waals surface area contributed by atoms with Gasteiger partial charge in [-0.05, 0) is 48.9 Å². The van der Waals surface area contributed by atoms with Crippen LogP contribution in [0.15, 0.2) is 12.1 Å². The summed E-state index contributed by atoms with van der Waals surface area (Å²) < 4.78 is 1.16. The van der Waals surface area contributed by atoms with Gasteiger partial charge >= 0.3 is 0 Å². The Bertz CT molecular complexity index is 695. The van der Waals surface area contributed by atoms with Crippen LogP contribution in [0.5, 0.6) is 0 Å². The number of aryl methyl sites for hydroxylation is 1. The number of benzene rings is 1. The third kappa shape index (κ3) is 2.88. The monoisotopic (exact) mass is 317 g/mol. The van der Waals surface area contributed by atoms with Crippen molar-refractivity contribution in [1.82, 2.24) is 4.98 Å². The lowest BCUT2D eigenvalue weighted by atomic mass is 9.89. The fourth-order valence-electron chi connectivity index (χ4n) is 3.05. The molecule has 2 N–H and O–H groups in total. The molecule has 0 bridgehead atoms. The van der Waals surface area contributed by atoms with Gasteiger partial charge in [0.1, 0.15) is 0 Å². The van der Waals surface area contributed by atoms with Gasteiger partial charge in [-0.25, -0.2) is 4.98 Å². The minimum absolute atomic E-state index is 0.146. The topological polar surface area (TPSA) is 59.2 Å². The number of aromatic nitrogens is 1. The number of nitrogens with two attached hydrogens (primary N) is 1. The quantitative estimate of drug-likeness (QED) is 0.941. The van der Waals surface area contributed by atoms with Crippen LogP contribution in [-0.4, -0.2) is 23.5 Å². The fraction of sp³-hybridized carbons (Fsp3) is 0.529. The number of anilines is 1. The van der Waals surface area contributed by atoms with E-state index in [-0.39, 0.29) is 11.9 Å². The fourth-order valence-corrected chi connectivity index (χ4v) is 4.11. The van der Waals surface area contributed by atoms with E-state index in [1.807, 2.05) is 11.8 Å². The zero-order valence-corrected chi connectivity index (χ0v) is 14.1. The van der Waals surface area contributed by atoms with Crippen LogP contribution >= 0.6 is 11.3 Å². The van der Waals surface area contributed by atoms with Crippen molar-refractivity contribution in [3.05, 3.63) is 23.3 Å². The van der Waals surface area contributed by atoms with E-state index < -0.39 is 0 Å². The second-order valence-electron chi connectivity index (χ2n) is 5.99. The summed E-state index contributed by atoms with van der Waals surface area (Å²) in [6, 6.07) is 4.69. The first-order valence-corrected chi connectivity index (χ1v) is 8.92. The Morgan fingerprint density at radius 1 is 1.41 bits per heavy atom. The first kappa shape index (κ1) is 15.4. The Labute approximate surface area is 135 Å². The predicted octanol–water partition coefficient (Wildman–Crippen LogP) is 3.27. The minimum Gasteiger partial charge on any atom is -0.327 e. The zero-order chi connectivity index (χ0) is 15.7. The summed E-state index contributed by atoms with van der Waals surface area (Å²) in [6.45, 7) is 4.72. The van der Waals surface area contributed by atoms with E-state index in [4.69, 9.17) is 10.7 Å². The Hall–Kier alpha value is -1.46. The highest BCUT2D eigenvalue weighted by Gasteiger charge is 2.20. The molecule has 1 heterocycles. The van der Waals surface area contributed by atoms with Crippen molar-refractivity contribution in [2.45, 2.75) is 52.0 Å². The van der Waals surface area contributed by atoms with Crippen molar-refractivity contribution in [1.29, 1.82) is 0 Å². The average Bonchev–Trinajstić information content (AvgIpc) is 2.91. The van der Waals surface area contributed by atoms with E-state index in [2.05, 4.69) is 19.1 Å². The lowest BCUT2D eigenvalue weighted by Gasteiger charge is -2.20. The van der Waals surface area contributed by atoms with Crippen molar-refractivity contribution in [3.63, 3.8) is 0 Å².